The molecule has 3 N–H and O–H groups in total. The number of benzene rings is 2. The highest BCUT2D eigenvalue weighted by Gasteiger charge is 2.05. The average molecular weight is 349 g/mol. The average Bonchev–Trinajstić information content (AvgIpc) is 2.44. The number of aromatic nitrogens is 1. The number of nitrogen functional groups attached to an aromatic ring is 1. The molecule has 100 valence electrons. The van der Waals surface area contributed by atoms with E-state index in [1.54, 1.807) is 6.20 Å². The number of hydrogen-bond donors (Lipinski definition) is 2. The van der Waals surface area contributed by atoms with Crippen molar-refractivity contribution in [2.75, 3.05) is 11.1 Å². The van der Waals surface area contributed by atoms with Gasteiger partial charge in [0.2, 0.25) is 0 Å². The zero-order chi connectivity index (χ0) is 14.1. The fourth-order valence-corrected chi connectivity index (χ4v) is 2.53. The number of fused-ring (bicyclic) bond motifs is 1. The van der Waals surface area contributed by atoms with Crippen LogP contribution in [0.4, 0.5) is 17.1 Å². The van der Waals surface area contributed by atoms with Crippen LogP contribution in [0.1, 0.15) is 0 Å². The molecule has 20 heavy (non-hydrogen) atoms. The molecule has 0 atom stereocenters. The Hall–Kier alpha value is -1.78. The summed E-state index contributed by atoms with van der Waals surface area (Å²) in [4.78, 5) is 4.32. The second-order valence-corrected chi connectivity index (χ2v) is 5.62. The van der Waals surface area contributed by atoms with Gasteiger partial charge in [-0.05, 0) is 46.3 Å². The quantitative estimate of drug-likeness (QED) is 0.642. The summed E-state index contributed by atoms with van der Waals surface area (Å²) in [6.07, 6.45) is 1.74. The van der Waals surface area contributed by atoms with Gasteiger partial charge in [0.05, 0.1) is 16.2 Å². The van der Waals surface area contributed by atoms with Crippen molar-refractivity contribution in [3.05, 3.63) is 58.2 Å². The van der Waals surface area contributed by atoms with E-state index in [1.165, 1.54) is 0 Å². The van der Waals surface area contributed by atoms with Crippen molar-refractivity contribution < 1.29 is 0 Å². The highest BCUT2D eigenvalue weighted by molar-refractivity contribution is 9.10. The number of pyridine rings is 1. The summed E-state index contributed by atoms with van der Waals surface area (Å²) in [5.41, 5.74) is 9.31. The van der Waals surface area contributed by atoms with Crippen molar-refractivity contribution in [2.24, 2.45) is 0 Å². The summed E-state index contributed by atoms with van der Waals surface area (Å²) < 4.78 is 0.849. The molecule has 1 aromatic heterocycles. The van der Waals surface area contributed by atoms with Gasteiger partial charge < -0.3 is 11.1 Å². The Morgan fingerprint density at radius 1 is 1.15 bits per heavy atom. The molecule has 0 saturated carbocycles. The number of nitrogens with one attached hydrogen (secondary N) is 1. The molecule has 0 bridgehead atoms. The summed E-state index contributed by atoms with van der Waals surface area (Å²) in [5, 5.41) is 5.02. The van der Waals surface area contributed by atoms with Crippen molar-refractivity contribution in [1.82, 2.24) is 4.98 Å². The molecule has 0 amide bonds. The molecule has 3 aromatic rings. The van der Waals surface area contributed by atoms with Crippen LogP contribution in [-0.2, 0) is 0 Å². The van der Waals surface area contributed by atoms with Crippen LogP contribution < -0.4 is 11.1 Å². The van der Waals surface area contributed by atoms with Crippen LogP contribution in [0.5, 0.6) is 0 Å². The van der Waals surface area contributed by atoms with Crippen LogP contribution in [0.25, 0.3) is 10.9 Å². The minimum Gasteiger partial charge on any atom is -0.397 e. The molecule has 0 aliphatic heterocycles. The standard InChI is InChI=1S/C15H11BrClN3/c16-11-8-9(4-5-12(11)17)20-14-6-7-19-15-10(14)2-1-3-13(15)18/h1-8H,18H2,(H,19,20). The minimum absolute atomic E-state index is 0.670. The van der Waals surface area contributed by atoms with Crippen molar-refractivity contribution in [1.29, 1.82) is 0 Å². The Balaban J connectivity index is 2.06. The van der Waals surface area contributed by atoms with Gasteiger partial charge in [-0.1, -0.05) is 23.7 Å². The van der Waals surface area contributed by atoms with Gasteiger partial charge in [0.1, 0.15) is 0 Å². The molecule has 0 saturated heterocycles. The number of para-hydroxylation sites is 1. The number of nitrogens with two attached hydrogens (primary N) is 1. The van der Waals surface area contributed by atoms with Crippen LogP contribution in [0, 0.1) is 0 Å². The lowest BCUT2D eigenvalue weighted by molar-refractivity contribution is 1.40. The first-order valence-corrected chi connectivity index (χ1v) is 7.17. The van der Waals surface area contributed by atoms with Crippen LogP contribution in [0.3, 0.4) is 0 Å². The molecule has 0 unspecified atom stereocenters. The van der Waals surface area contributed by atoms with Crippen molar-refractivity contribution >= 4 is 55.5 Å². The fraction of sp³-hybridized carbons (Fsp3) is 0. The summed E-state index contributed by atoms with van der Waals surface area (Å²) in [7, 11) is 0. The smallest absolute Gasteiger partial charge is 0.0951 e. The Labute approximate surface area is 129 Å². The summed E-state index contributed by atoms with van der Waals surface area (Å²) in [6, 6.07) is 13.4. The molecular formula is C15H11BrClN3. The monoisotopic (exact) mass is 347 g/mol. The maximum absolute atomic E-state index is 6.00. The summed E-state index contributed by atoms with van der Waals surface area (Å²) in [5.74, 6) is 0. The van der Waals surface area contributed by atoms with E-state index in [0.29, 0.717) is 10.7 Å². The second kappa shape index (κ2) is 5.31. The number of hydrogen-bond acceptors (Lipinski definition) is 3. The molecule has 0 fully saturated rings. The fourth-order valence-electron chi connectivity index (χ4n) is 2.04. The minimum atomic E-state index is 0.670. The molecule has 0 spiro atoms. The van der Waals surface area contributed by atoms with Crippen LogP contribution in [0.15, 0.2) is 53.1 Å². The van der Waals surface area contributed by atoms with E-state index in [-0.39, 0.29) is 0 Å². The lowest BCUT2D eigenvalue weighted by Gasteiger charge is -2.11. The van der Waals surface area contributed by atoms with E-state index in [0.717, 1.165) is 26.8 Å². The van der Waals surface area contributed by atoms with E-state index in [1.807, 2.05) is 42.5 Å². The molecule has 0 aliphatic carbocycles. The first-order valence-electron chi connectivity index (χ1n) is 6.00. The van der Waals surface area contributed by atoms with Crippen molar-refractivity contribution in [3.63, 3.8) is 0 Å². The highest BCUT2D eigenvalue weighted by atomic mass is 79.9. The Morgan fingerprint density at radius 2 is 2.00 bits per heavy atom. The largest absolute Gasteiger partial charge is 0.397 e. The molecular weight excluding hydrogens is 338 g/mol. The van der Waals surface area contributed by atoms with Gasteiger partial charge in [-0.2, -0.15) is 0 Å². The zero-order valence-corrected chi connectivity index (χ0v) is 12.7. The number of rotatable bonds is 2. The molecule has 3 nitrogen and oxygen atoms in total. The second-order valence-electron chi connectivity index (χ2n) is 4.36. The van der Waals surface area contributed by atoms with Crippen LogP contribution in [0.2, 0.25) is 5.02 Å². The third-order valence-corrected chi connectivity index (χ3v) is 4.21. The number of halogens is 2. The molecule has 0 aliphatic rings. The number of nitrogens with zero attached hydrogens (tertiary/aromatic N) is 1. The van der Waals surface area contributed by atoms with Crippen LogP contribution in [-0.4, -0.2) is 4.98 Å². The normalized spacial score (nSPS) is 10.7. The predicted octanol–water partition coefficient (Wildman–Crippen LogP) is 4.98. The van der Waals surface area contributed by atoms with E-state index in [2.05, 4.69) is 26.2 Å². The predicted molar refractivity (Wildman–Crippen MR) is 88.6 cm³/mol. The Morgan fingerprint density at radius 3 is 2.80 bits per heavy atom. The van der Waals surface area contributed by atoms with E-state index in [9.17, 15) is 0 Å². The highest BCUT2D eigenvalue weighted by Crippen LogP contribution is 2.31. The summed E-state index contributed by atoms with van der Waals surface area (Å²) >= 11 is 9.41. The van der Waals surface area contributed by atoms with Gasteiger partial charge in [0.15, 0.2) is 0 Å². The van der Waals surface area contributed by atoms with Gasteiger partial charge in [-0.3, -0.25) is 4.98 Å². The molecule has 1 heterocycles. The van der Waals surface area contributed by atoms with Crippen molar-refractivity contribution in [2.45, 2.75) is 0 Å². The third kappa shape index (κ3) is 2.44. The lowest BCUT2D eigenvalue weighted by atomic mass is 10.1. The van der Waals surface area contributed by atoms with E-state index < -0.39 is 0 Å². The van der Waals surface area contributed by atoms with Crippen LogP contribution >= 0.6 is 27.5 Å². The van der Waals surface area contributed by atoms with Gasteiger partial charge in [0.25, 0.3) is 0 Å². The maximum atomic E-state index is 6.00. The topological polar surface area (TPSA) is 50.9 Å². The maximum Gasteiger partial charge on any atom is 0.0951 e. The van der Waals surface area contributed by atoms with Gasteiger partial charge >= 0.3 is 0 Å². The first kappa shape index (κ1) is 13.2. The first-order chi connectivity index (χ1) is 9.65. The molecule has 0 radical (unpaired) electrons. The molecule has 5 heteroatoms. The zero-order valence-electron chi connectivity index (χ0n) is 10.4. The van der Waals surface area contributed by atoms with Gasteiger partial charge in [0, 0.05) is 27.4 Å². The third-order valence-electron chi connectivity index (χ3n) is 3.00. The Bertz CT molecular complexity index is 789. The van der Waals surface area contributed by atoms with Crippen molar-refractivity contribution in [3.8, 4) is 0 Å². The SMILES string of the molecule is Nc1cccc2c(Nc3ccc(Cl)c(Br)c3)ccnc12. The molecule has 3 rings (SSSR count). The summed E-state index contributed by atoms with van der Waals surface area (Å²) in [6.45, 7) is 0. The number of anilines is 3. The van der Waals surface area contributed by atoms with E-state index in [4.69, 9.17) is 17.3 Å². The van der Waals surface area contributed by atoms with Gasteiger partial charge in [-0.25, -0.2) is 0 Å². The van der Waals surface area contributed by atoms with Gasteiger partial charge in [-0.15, -0.1) is 0 Å². The Kier molecular flexibility index (Phi) is 3.51. The molecule has 2 aromatic carbocycles. The lowest BCUT2D eigenvalue weighted by Crippen LogP contribution is -1.95. The van der Waals surface area contributed by atoms with E-state index >= 15 is 0 Å².